The number of pyridine rings is 1. The molecule has 3 rings (SSSR count). The second-order valence-electron chi connectivity index (χ2n) is 5.51. The highest BCUT2D eigenvalue weighted by atomic mass is 32.2. The van der Waals surface area contributed by atoms with Gasteiger partial charge in [0.05, 0.1) is 23.9 Å². The van der Waals surface area contributed by atoms with E-state index in [0.29, 0.717) is 6.04 Å². The van der Waals surface area contributed by atoms with Gasteiger partial charge in [0, 0.05) is 24.7 Å². The Kier molecular flexibility index (Phi) is 5.13. The number of benzene rings is 1. The molecule has 0 saturated carbocycles. The van der Waals surface area contributed by atoms with E-state index >= 15 is 0 Å². The third-order valence-electron chi connectivity index (χ3n) is 4.21. The highest BCUT2D eigenvalue weighted by Crippen LogP contribution is 2.25. The smallest absolute Gasteiger partial charge is 0.0964 e. The maximum atomic E-state index is 5.43. The standard InChI is InChI=1S/C18H22N2OS/c1-14(20-10-12-21-13-11-20)15-6-8-16(9-7-15)17-4-3-5-18(19-17)22-2/h3-9,14H,10-13H2,1-2H3/t14-/m0/s1. The molecule has 2 heterocycles. The van der Waals surface area contributed by atoms with Crippen LogP contribution in [0.25, 0.3) is 11.3 Å². The second-order valence-corrected chi connectivity index (χ2v) is 6.34. The van der Waals surface area contributed by atoms with Crippen molar-refractivity contribution in [3.8, 4) is 11.3 Å². The first-order valence-electron chi connectivity index (χ1n) is 7.71. The highest BCUT2D eigenvalue weighted by Gasteiger charge is 2.18. The van der Waals surface area contributed by atoms with Crippen LogP contribution in [0.4, 0.5) is 0 Å². The summed E-state index contributed by atoms with van der Waals surface area (Å²) in [5, 5.41) is 1.06. The molecule has 1 fully saturated rings. The molecule has 1 atom stereocenters. The minimum absolute atomic E-state index is 0.434. The van der Waals surface area contributed by atoms with E-state index in [-0.39, 0.29) is 0 Å². The molecule has 116 valence electrons. The summed E-state index contributed by atoms with van der Waals surface area (Å²) in [6.07, 6.45) is 2.05. The van der Waals surface area contributed by atoms with Gasteiger partial charge in [-0.25, -0.2) is 4.98 Å². The predicted molar refractivity (Wildman–Crippen MR) is 92.3 cm³/mol. The third-order valence-corrected chi connectivity index (χ3v) is 4.86. The van der Waals surface area contributed by atoms with Gasteiger partial charge in [0.15, 0.2) is 0 Å². The van der Waals surface area contributed by atoms with Gasteiger partial charge in [-0.3, -0.25) is 4.90 Å². The summed E-state index contributed by atoms with van der Waals surface area (Å²) in [5.41, 5.74) is 3.57. The Morgan fingerprint density at radius 1 is 1.09 bits per heavy atom. The summed E-state index contributed by atoms with van der Waals surface area (Å²) in [7, 11) is 0. The molecule has 1 aromatic heterocycles. The average molecular weight is 314 g/mol. The molecular formula is C18H22N2OS. The molecule has 0 aliphatic carbocycles. The van der Waals surface area contributed by atoms with Crippen molar-refractivity contribution in [1.29, 1.82) is 0 Å². The van der Waals surface area contributed by atoms with Gasteiger partial charge in [0.25, 0.3) is 0 Å². The van der Waals surface area contributed by atoms with Gasteiger partial charge in [-0.15, -0.1) is 11.8 Å². The minimum atomic E-state index is 0.434. The molecule has 3 nitrogen and oxygen atoms in total. The lowest BCUT2D eigenvalue weighted by Gasteiger charge is -2.32. The van der Waals surface area contributed by atoms with Crippen molar-refractivity contribution in [1.82, 2.24) is 9.88 Å². The van der Waals surface area contributed by atoms with Crippen LogP contribution in [0.5, 0.6) is 0 Å². The number of aromatic nitrogens is 1. The van der Waals surface area contributed by atoms with Gasteiger partial charge >= 0.3 is 0 Å². The molecular weight excluding hydrogens is 292 g/mol. The van der Waals surface area contributed by atoms with Gasteiger partial charge < -0.3 is 4.74 Å². The lowest BCUT2D eigenvalue weighted by Crippen LogP contribution is -2.37. The number of ether oxygens (including phenoxy) is 1. The molecule has 1 aliphatic rings. The van der Waals surface area contributed by atoms with E-state index in [0.717, 1.165) is 37.0 Å². The lowest BCUT2D eigenvalue weighted by atomic mass is 10.0. The quantitative estimate of drug-likeness (QED) is 0.800. The fraction of sp³-hybridized carbons (Fsp3) is 0.389. The molecule has 22 heavy (non-hydrogen) atoms. The maximum absolute atomic E-state index is 5.43. The Balaban J connectivity index is 1.76. The number of thioether (sulfide) groups is 1. The van der Waals surface area contributed by atoms with Crippen LogP contribution in [0.15, 0.2) is 47.5 Å². The van der Waals surface area contributed by atoms with E-state index in [1.165, 1.54) is 11.1 Å². The third kappa shape index (κ3) is 3.51. The normalized spacial score (nSPS) is 17.4. The molecule has 0 unspecified atom stereocenters. The minimum Gasteiger partial charge on any atom is -0.379 e. The first-order chi connectivity index (χ1) is 10.8. The zero-order valence-electron chi connectivity index (χ0n) is 13.2. The van der Waals surface area contributed by atoms with Gasteiger partial charge in [-0.2, -0.15) is 0 Å². The Labute approximate surface area is 136 Å². The van der Waals surface area contributed by atoms with Crippen LogP contribution in [-0.4, -0.2) is 42.4 Å². The average Bonchev–Trinajstić information content (AvgIpc) is 2.62. The number of nitrogens with zero attached hydrogens (tertiary/aromatic N) is 2. The largest absolute Gasteiger partial charge is 0.379 e. The fourth-order valence-corrected chi connectivity index (χ4v) is 3.20. The molecule has 0 amide bonds. The molecule has 1 saturated heterocycles. The van der Waals surface area contributed by atoms with Gasteiger partial charge in [-0.05, 0) is 30.9 Å². The molecule has 0 radical (unpaired) electrons. The van der Waals surface area contributed by atoms with E-state index in [1.807, 2.05) is 6.07 Å². The van der Waals surface area contributed by atoms with E-state index in [4.69, 9.17) is 4.74 Å². The van der Waals surface area contributed by atoms with Crippen molar-refractivity contribution in [3.63, 3.8) is 0 Å². The Morgan fingerprint density at radius 3 is 2.50 bits per heavy atom. The maximum Gasteiger partial charge on any atom is 0.0964 e. The van der Waals surface area contributed by atoms with Crippen LogP contribution in [-0.2, 0) is 4.74 Å². The highest BCUT2D eigenvalue weighted by molar-refractivity contribution is 7.98. The van der Waals surface area contributed by atoms with Gasteiger partial charge in [0.2, 0.25) is 0 Å². The van der Waals surface area contributed by atoms with Crippen molar-refractivity contribution in [2.75, 3.05) is 32.6 Å². The van der Waals surface area contributed by atoms with Crippen molar-refractivity contribution < 1.29 is 4.74 Å². The van der Waals surface area contributed by atoms with E-state index in [2.05, 4.69) is 59.5 Å². The van der Waals surface area contributed by atoms with Crippen molar-refractivity contribution in [3.05, 3.63) is 48.0 Å². The number of hydrogen-bond donors (Lipinski definition) is 0. The zero-order chi connectivity index (χ0) is 15.4. The Bertz CT molecular complexity index is 609. The van der Waals surface area contributed by atoms with Gasteiger partial charge in [-0.1, -0.05) is 30.3 Å². The van der Waals surface area contributed by atoms with E-state index in [1.54, 1.807) is 11.8 Å². The summed E-state index contributed by atoms with van der Waals surface area (Å²) >= 11 is 1.67. The second kappa shape index (κ2) is 7.27. The molecule has 4 heteroatoms. The van der Waals surface area contributed by atoms with Crippen LogP contribution in [0, 0.1) is 0 Å². The van der Waals surface area contributed by atoms with Crippen LogP contribution in [0.1, 0.15) is 18.5 Å². The van der Waals surface area contributed by atoms with Crippen LogP contribution >= 0.6 is 11.8 Å². The molecule has 2 aromatic rings. The first-order valence-corrected chi connectivity index (χ1v) is 8.93. The summed E-state index contributed by atoms with van der Waals surface area (Å²) in [6, 6.07) is 15.4. The molecule has 1 aliphatic heterocycles. The molecule has 0 spiro atoms. The number of morpholine rings is 1. The van der Waals surface area contributed by atoms with E-state index in [9.17, 15) is 0 Å². The predicted octanol–water partition coefficient (Wildman–Crippen LogP) is 3.86. The van der Waals surface area contributed by atoms with Crippen molar-refractivity contribution in [2.45, 2.75) is 18.0 Å². The molecule has 0 bridgehead atoms. The van der Waals surface area contributed by atoms with E-state index < -0.39 is 0 Å². The Hall–Kier alpha value is -1.36. The Morgan fingerprint density at radius 2 is 1.82 bits per heavy atom. The topological polar surface area (TPSA) is 25.4 Å². The van der Waals surface area contributed by atoms with Crippen LogP contribution in [0.3, 0.4) is 0 Å². The van der Waals surface area contributed by atoms with Crippen molar-refractivity contribution >= 4 is 11.8 Å². The SMILES string of the molecule is CSc1cccc(-c2ccc([C@H](C)N3CCOCC3)cc2)n1. The molecule has 0 N–H and O–H groups in total. The fourth-order valence-electron chi connectivity index (χ4n) is 2.80. The van der Waals surface area contributed by atoms with Crippen LogP contribution in [0.2, 0.25) is 0 Å². The summed E-state index contributed by atoms with van der Waals surface area (Å²) in [5.74, 6) is 0. The lowest BCUT2D eigenvalue weighted by molar-refractivity contribution is 0.0198. The summed E-state index contributed by atoms with van der Waals surface area (Å²) in [4.78, 5) is 7.14. The van der Waals surface area contributed by atoms with Crippen molar-refractivity contribution in [2.24, 2.45) is 0 Å². The summed E-state index contributed by atoms with van der Waals surface area (Å²) < 4.78 is 5.43. The first kappa shape index (κ1) is 15.5. The zero-order valence-corrected chi connectivity index (χ0v) is 14.0. The van der Waals surface area contributed by atoms with Crippen LogP contribution < -0.4 is 0 Å². The monoisotopic (exact) mass is 314 g/mol. The number of hydrogen-bond acceptors (Lipinski definition) is 4. The molecule has 1 aromatic carbocycles. The number of rotatable bonds is 4. The summed E-state index contributed by atoms with van der Waals surface area (Å²) in [6.45, 7) is 5.98. The van der Waals surface area contributed by atoms with Gasteiger partial charge in [0.1, 0.15) is 0 Å².